The van der Waals surface area contributed by atoms with Gasteiger partial charge in [0.1, 0.15) is 5.76 Å². The second-order valence-electron chi connectivity index (χ2n) is 4.27. The Morgan fingerprint density at radius 3 is 2.53 bits per heavy atom. The minimum Gasteiger partial charge on any atom is -0.468 e. The van der Waals surface area contributed by atoms with Crippen LogP contribution in [0.15, 0.2) is 47.1 Å². The van der Waals surface area contributed by atoms with Crippen molar-refractivity contribution in [3.05, 3.63) is 59.5 Å². The van der Waals surface area contributed by atoms with E-state index in [1.54, 1.807) is 18.2 Å². The summed E-state index contributed by atoms with van der Waals surface area (Å²) < 4.78 is 43.6. The first kappa shape index (κ1) is 13.7. The number of alkyl halides is 3. The highest BCUT2D eigenvalue weighted by atomic mass is 19.4. The lowest BCUT2D eigenvalue weighted by Crippen LogP contribution is -2.20. The zero-order valence-electron chi connectivity index (χ0n) is 10.4. The molecule has 0 aliphatic rings. The van der Waals surface area contributed by atoms with Crippen molar-refractivity contribution in [1.82, 2.24) is 5.32 Å². The predicted molar refractivity (Wildman–Crippen MR) is 65.4 cm³/mol. The molecular formula is C14H14F3NO. The first-order chi connectivity index (χ1) is 8.98. The van der Waals surface area contributed by atoms with E-state index in [2.05, 4.69) is 5.32 Å². The molecule has 2 nitrogen and oxygen atoms in total. The fourth-order valence-corrected chi connectivity index (χ4v) is 1.85. The Morgan fingerprint density at radius 2 is 1.89 bits per heavy atom. The van der Waals surface area contributed by atoms with E-state index in [4.69, 9.17) is 4.42 Å². The molecule has 102 valence electrons. The van der Waals surface area contributed by atoms with Crippen molar-refractivity contribution in [3.63, 3.8) is 0 Å². The van der Waals surface area contributed by atoms with Crippen molar-refractivity contribution in [2.24, 2.45) is 0 Å². The topological polar surface area (TPSA) is 25.2 Å². The lowest BCUT2D eigenvalue weighted by Gasteiger charge is -2.15. The molecule has 1 N–H and O–H groups in total. The molecule has 0 spiro atoms. The van der Waals surface area contributed by atoms with E-state index < -0.39 is 11.7 Å². The van der Waals surface area contributed by atoms with Gasteiger partial charge >= 0.3 is 6.18 Å². The number of nitrogens with one attached hydrogen (secondary N) is 1. The van der Waals surface area contributed by atoms with Crippen LogP contribution in [0.4, 0.5) is 13.2 Å². The third-order valence-electron chi connectivity index (χ3n) is 2.89. The molecule has 0 aliphatic carbocycles. The first-order valence-electron chi connectivity index (χ1n) is 5.90. The van der Waals surface area contributed by atoms with E-state index in [9.17, 15) is 13.2 Å². The average Bonchev–Trinajstić information content (AvgIpc) is 2.89. The van der Waals surface area contributed by atoms with Gasteiger partial charge in [0.2, 0.25) is 0 Å². The molecule has 0 amide bonds. The highest BCUT2D eigenvalue weighted by Crippen LogP contribution is 2.32. The minimum absolute atomic E-state index is 0.136. The highest BCUT2D eigenvalue weighted by Gasteiger charge is 2.32. The zero-order chi connectivity index (χ0) is 13.9. The van der Waals surface area contributed by atoms with E-state index in [0.29, 0.717) is 5.76 Å². The summed E-state index contributed by atoms with van der Waals surface area (Å²) in [6, 6.07) is 8.95. The van der Waals surface area contributed by atoms with Gasteiger partial charge in [0.05, 0.1) is 17.9 Å². The molecule has 0 fully saturated rings. The SMILES string of the molecule is CC(NCc1ccccc1C(F)(F)F)c1ccco1. The lowest BCUT2D eigenvalue weighted by molar-refractivity contribution is -0.138. The Morgan fingerprint density at radius 1 is 1.16 bits per heavy atom. The van der Waals surface area contributed by atoms with Gasteiger partial charge in [-0.25, -0.2) is 0 Å². The molecule has 1 atom stereocenters. The minimum atomic E-state index is -4.33. The van der Waals surface area contributed by atoms with Crippen LogP contribution in [0.2, 0.25) is 0 Å². The van der Waals surface area contributed by atoms with Crippen molar-refractivity contribution < 1.29 is 17.6 Å². The quantitative estimate of drug-likeness (QED) is 0.902. The molecule has 1 heterocycles. The molecule has 1 unspecified atom stereocenters. The Kier molecular flexibility index (Phi) is 3.95. The summed E-state index contributed by atoms with van der Waals surface area (Å²) in [5.41, 5.74) is -0.373. The van der Waals surface area contributed by atoms with E-state index in [1.165, 1.54) is 18.4 Å². The zero-order valence-corrected chi connectivity index (χ0v) is 10.4. The van der Waals surface area contributed by atoms with Crippen LogP contribution >= 0.6 is 0 Å². The molecule has 0 aliphatic heterocycles. The van der Waals surface area contributed by atoms with Crippen molar-refractivity contribution >= 4 is 0 Å². The van der Waals surface area contributed by atoms with Gasteiger partial charge in [0.25, 0.3) is 0 Å². The first-order valence-corrected chi connectivity index (χ1v) is 5.90. The Labute approximate surface area is 109 Å². The van der Waals surface area contributed by atoms with Crippen LogP contribution in [0.3, 0.4) is 0 Å². The lowest BCUT2D eigenvalue weighted by atomic mass is 10.1. The van der Waals surface area contributed by atoms with Crippen LogP contribution in [0, 0.1) is 0 Å². The van der Waals surface area contributed by atoms with E-state index in [1.807, 2.05) is 6.92 Å². The maximum atomic E-state index is 12.8. The van der Waals surface area contributed by atoms with Crippen LogP contribution in [0.1, 0.15) is 29.9 Å². The van der Waals surface area contributed by atoms with Gasteiger partial charge < -0.3 is 9.73 Å². The van der Waals surface area contributed by atoms with Crippen LogP contribution in [0.5, 0.6) is 0 Å². The van der Waals surface area contributed by atoms with Crippen LogP contribution in [-0.4, -0.2) is 0 Å². The van der Waals surface area contributed by atoms with E-state index in [0.717, 1.165) is 6.07 Å². The largest absolute Gasteiger partial charge is 0.468 e. The van der Waals surface area contributed by atoms with Crippen molar-refractivity contribution in [2.75, 3.05) is 0 Å². The normalized spacial score (nSPS) is 13.5. The van der Waals surface area contributed by atoms with Gasteiger partial charge in [0.15, 0.2) is 0 Å². The fraction of sp³-hybridized carbons (Fsp3) is 0.286. The molecule has 0 radical (unpaired) electrons. The van der Waals surface area contributed by atoms with Crippen molar-refractivity contribution in [3.8, 4) is 0 Å². The number of benzene rings is 1. The van der Waals surface area contributed by atoms with Crippen LogP contribution in [0.25, 0.3) is 0 Å². The number of hydrogen-bond acceptors (Lipinski definition) is 2. The molecule has 0 saturated heterocycles. The third kappa shape index (κ3) is 3.38. The summed E-state index contributed by atoms with van der Waals surface area (Å²) in [5, 5.41) is 3.02. The Bertz CT molecular complexity index is 520. The van der Waals surface area contributed by atoms with Gasteiger partial charge in [-0.05, 0) is 30.7 Å². The predicted octanol–water partition coefficient (Wildman–Crippen LogP) is 4.15. The summed E-state index contributed by atoms with van der Waals surface area (Å²) in [6.07, 6.45) is -2.79. The maximum Gasteiger partial charge on any atom is 0.416 e. The number of furan rings is 1. The van der Waals surface area contributed by atoms with Gasteiger partial charge in [-0.15, -0.1) is 0 Å². The maximum absolute atomic E-state index is 12.8. The Balaban J connectivity index is 2.08. The van der Waals surface area contributed by atoms with Crippen LogP contribution < -0.4 is 5.32 Å². The number of halogens is 3. The van der Waals surface area contributed by atoms with Crippen molar-refractivity contribution in [2.45, 2.75) is 25.7 Å². The average molecular weight is 269 g/mol. The molecule has 19 heavy (non-hydrogen) atoms. The smallest absolute Gasteiger partial charge is 0.416 e. The highest BCUT2D eigenvalue weighted by molar-refractivity contribution is 5.29. The fourth-order valence-electron chi connectivity index (χ4n) is 1.85. The summed E-state index contributed by atoms with van der Waals surface area (Å²) >= 11 is 0. The van der Waals surface area contributed by atoms with Crippen LogP contribution in [-0.2, 0) is 12.7 Å². The van der Waals surface area contributed by atoms with Crippen molar-refractivity contribution in [1.29, 1.82) is 0 Å². The summed E-state index contributed by atoms with van der Waals surface area (Å²) in [4.78, 5) is 0. The van der Waals surface area contributed by atoms with Gasteiger partial charge in [-0.3, -0.25) is 0 Å². The second kappa shape index (κ2) is 5.48. The molecule has 2 rings (SSSR count). The monoisotopic (exact) mass is 269 g/mol. The van der Waals surface area contributed by atoms with Gasteiger partial charge in [-0.1, -0.05) is 18.2 Å². The molecule has 5 heteroatoms. The molecule has 1 aromatic carbocycles. The summed E-state index contributed by atoms with van der Waals surface area (Å²) in [6.45, 7) is 1.98. The van der Waals surface area contributed by atoms with E-state index >= 15 is 0 Å². The number of rotatable bonds is 4. The molecule has 2 aromatic rings. The summed E-state index contributed by atoms with van der Waals surface area (Å²) in [5.74, 6) is 0.699. The van der Waals surface area contributed by atoms with Gasteiger partial charge in [0, 0.05) is 6.54 Å². The molecule has 0 bridgehead atoms. The Hall–Kier alpha value is -1.75. The standard InChI is InChI=1S/C14H14F3NO/c1-10(13-7-4-8-19-13)18-9-11-5-2-3-6-12(11)14(15,16)17/h2-8,10,18H,9H2,1H3. The third-order valence-corrected chi connectivity index (χ3v) is 2.89. The molecular weight excluding hydrogens is 255 g/mol. The second-order valence-corrected chi connectivity index (χ2v) is 4.27. The number of hydrogen-bond donors (Lipinski definition) is 1. The molecule has 1 aromatic heterocycles. The molecule has 0 saturated carbocycles. The van der Waals surface area contributed by atoms with E-state index in [-0.39, 0.29) is 18.2 Å². The summed E-state index contributed by atoms with van der Waals surface area (Å²) in [7, 11) is 0. The van der Waals surface area contributed by atoms with Gasteiger partial charge in [-0.2, -0.15) is 13.2 Å².